The fourth-order valence-electron chi connectivity index (χ4n) is 2.23. The average molecular weight is 312 g/mol. The summed E-state index contributed by atoms with van der Waals surface area (Å²) in [5.74, 6) is 0.834. The molecule has 0 unspecified atom stereocenters. The number of aliphatic imine (C=N–C) groups is 1. The van der Waals surface area contributed by atoms with E-state index in [0.717, 1.165) is 0 Å². The lowest BCUT2D eigenvalue weighted by Gasteiger charge is -2.23. The van der Waals surface area contributed by atoms with Crippen molar-refractivity contribution in [2.45, 2.75) is 13.0 Å². The zero-order valence-electron chi connectivity index (χ0n) is 12.7. The number of phenols is 1. The summed E-state index contributed by atoms with van der Waals surface area (Å²) in [6, 6.07) is 10.4. The van der Waals surface area contributed by atoms with E-state index in [1.165, 1.54) is 13.3 Å². The molecule has 6 heteroatoms. The Balaban J connectivity index is 1.87. The lowest BCUT2D eigenvalue weighted by atomic mass is 10.2. The lowest BCUT2D eigenvalue weighted by molar-refractivity contribution is -0.122. The molecule has 3 rings (SSSR count). The molecule has 0 spiro atoms. The van der Waals surface area contributed by atoms with E-state index in [0.29, 0.717) is 28.4 Å². The Bertz CT molecular complexity index is 786. The van der Waals surface area contributed by atoms with Gasteiger partial charge in [-0.2, -0.15) is 0 Å². The number of benzene rings is 2. The van der Waals surface area contributed by atoms with Crippen molar-refractivity contribution in [1.82, 2.24) is 0 Å². The number of nitrogens with zero attached hydrogens (tertiary/aromatic N) is 1. The summed E-state index contributed by atoms with van der Waals surface area (Å²) in [7, 11) is 1.49. The number of fused-ring (bicyclic) bond motifs is 1. The van der Waals surface area contributed by atoms with Crippen molar-refractivity contribution in [3.63, 3.8) is 0 Å². The van der Waals surface area contributed by atoms with Gasteiger partial charge in [-0.1, -0.05) is 6.07 Å². The maximum Gasteiger partial charge on any atom is 0.265 e. The average Bonchev–Trinajstić information content (AvgIpc) is 2.55. The van der Waals surface area contributed by atoms with Gasteiger partial charge in [0.15, 0.2) is 17.6 Å². The summed E-state index contributed by atoms with van der Waals surface area (Å²) < 4.78 is 10.5. The van der Waals surface area contributed by atoms with Crippen LogP contribution in [0.4, 0.5) is 11.4 Å². The second-order valence-electron chi connectivity index (χ2n) is 5.09. The molecule has 0 radical (unpaired) electrons. The molecule has 0 fully saturated rings. The fourth-order valence-corrected chi connectivity index (χ4v) is 2.23. The molecule has 23 heavy (non-hydrogen) atoms. The highest BCUT2D eigenvalue weighted by atomic mass is 16.5. The van der Waals surface area contributed by atoms with E-state index in [9.17, 15) is 9.90 Å². The predicted octanol–water partition coefficient (Wildman–Crippen LogP) is 2.87. The summed E-state index contributed by atoms with van der Waals surface area (Å²) in [5.41, 5.74) is 1.75. The maximum absolute atomic E-state index is 11.6. The number of amides is 1. The number of ether oxygens (including phenoxy) is 2. The first-order chi connectivity index (χ1) is 11.1. The summed E-state index contributed by atoms with van der Waals surface area (Å²) in [6.45, 7) is 1.69. The van der Waals surface area contributed by atoms with Crippen molar-refractivity contribution in [3.8, 4) is 17.2 Å². The molecule has 2 aromatic carbocycles. The third-order valence-corrected chi connectivity index (χ3v) is 3.50. The normalized spacial score (nSPS) is 16.6. The molecule has 0 bridgehead atoms. The van der Waals surface area contributed by atoms with Crippen LogP contribution in [-0.4, -0.2) is 30.4 Å². The lowest BCUT2D eigenvalue weighted by Crippen LogP contribution is -2.34. The zero-order valence-corrected chi connectivity index (χ0v) is 12.7. The first kappa shape index (κ1) is 14.9. The first-order valence-corrected chi connectivity index (χ1v) is 7.10. The van der Waals surface area contributed by atoms with E-state index in [4.69, 9.17) is 9.47 Å². The highest BCUT2D eigenvalue weighted by molar-refractivity contribution is 5.98. The third-order valence-electron chi connectivity index (χ3n) is 3.50. The van der Waals surface area contributed by atoms with Gasteiger partial charge in [-0.3, -0.25) is 9.79 Å². The molecule has 2 aromatic rings. The SMILES string of the molecule is COc1cccc(C=Nc2ccc3c(c2)NC(=O)[C@H](C)O3)c1O. The molecular formula is C17H16N2O4. The zero-order chi connectivity index (χ0) is 16.4. The number of carbonyl (C=O) groups is 1. The molecular weight excluding hydrogens is 296 g/mol. The molecule has 1 aliphatic rings. The van der Waals surface area contributed by atoms with Crippen molar-refractivity contribution >= 4 is 23.5 Å². The van der Waals surface area contributed by atoms with Gasteiger partial charge in [0.1, 0.15) is 5.75 Å². The van der Waals surface area contributed by atoms with E-state index in [1.807, 2.05) is 0 Å². The maximum atomic E-state index is 11.6. The van der Waals surface area contributed by atoms with Crippen molar-refractivity contribution in [2.75, 3.05) is 12.4 Å². The number of phenolic OH excluding ortho intramolecular Hbond substituents is 1. The van der Waals surface area contributed by atoms with Crippen molar-refractivity contribution in [2.24, 2.45) is 4.99 Å². The van der Waals surface area contributed by atoms with Gasteiger partial charge in [0.25, 0.3) is 5.91 Å². The monoisotopic (exact) mass is 312 g/mol. The van der Waals surface area contributed by atoms with Crippen LogP contribution in [0.2, 0.25) is 0 Å². The first-order valence-electron chi connectivity index (χ1n) is 7.10. The van der Waals surface area contributed by atoms with Gasteiger partial charge in [0, 0.05) is 11.8 Å². The molecule has 1 heterocycles. The van der Waals surface area contributed by atoms with Gasteiger partial charge in [-0.05, 0) is 37.3 Å². The smallest absolute Gasteiger partial charge is 0.265 e. The Hall–Kier alpha value is -3.02. The standard InChI is InChI=1S/C17H16N2O4/c1-10-17(21)19-13-8-12(6-7-14(13)23-10)18-9-11-4-3-5-15(22-2)16(11)20/h3-10,20H,1-2H3,(H,19,21)/t10-/m0/s1. The Morgan fingerprint density at radius 1 is 1.35 bits per heavy atom. The van der Waals surface area contributed by atoms with Crippen LogP contribution in [0.5, 0.6) is 17.2 Å². The fraction of sp³-hybridized carbons (Fsp3) is 0.176. The minimum Gasteiger partial charge on any atom is -0.504 e. The summed E-state index contributed by atoms with van der Waals surface area (Å²) in [6.07, 6.45) is 1.03. The summed E-state index contributed by atoms with van der Waals surface area (Å²) in [5, 5.41) is 12.8. The summed E-state index contributed by atoms with van der Waals surface area (Å²) in [4.78, 5) is 16.0. The van der Waals surface area contributed by atoms with Gasteiger partial charge < -0.3 is 19.9 Å². The van der Waals surface area contributed by atoms with Gasteiger partial charge in [0.2, 0.25) is 0 Å². The topological polar surface area (TPSA) is 80.2 Å². The Kier molecular flexibility index (Phi) is 3.89. The van der Waals surface area contributed by atoms with Crippen LogP contribution in [0.3, 0.4) is 0 Å². The van der Waals surface area contributed by atoms with E-state index < -0.39 is 6.10 Å². The minimum absolute atomic E-state index is 0.0298. The molecule has 0 aliphatic carbocycles. The van der Waals surface area contributed by atoms with Crippen LogP contribution in [-0.2, 0) is 4.79 Å². The largest absolute Gasteiger partial charge is 0.504 e. The second-order valence-corrected chi connectivity index (χ2v) is 5.09. The van der Waals surface area contributed by atoms with Gasteiger partial charge in [-0.15, -0.1) is 0 Å². The van der Waals surface area contributed by atoms with Crippen LogP contribution in [0.15, 0.2) is 41.4 Å². The van der Waals surface area contributed by atoms with Crippen LogP contribution >= 0.6 is 0 Å². The summed E-state index contributed by atoms with van der Waals surface area (Å²) >= 11 is 0. The van der Waals surface area contributed by atoms with E-state index in [1.54, 1.807) is 43.3 Å². The van der Waals surface area contributed by atoms with E-state index in [2.05, 4.69) is 10.3 Å². The number of anilines is 1. The molecule has 118 valence electrons. The molecule has 1 atom stereocenters. The van der Waals surface area contributed by atoms with Crippen LogP contribution in [0.1, 0.15) is 12.5 Å². The number of para-hydroxylation sites is 1. The number of hydrogen-bond acceptors (Lipinski definition) is 5. The Morgan fingerprint density at radius 3 is 2.96 bits per heavy atom. The van der Waals surface area contributed by atoms with Crippen molar-refractivity contribution in [1.29, 1.82) is 0 Å². The van der Waals surface area contributed by atoms with Crippen molar-refractivity contribution in [3.05, 3.63) is 42.0 Å². The Morgan fingerprint density at radius 2 is 2.17 bits per heavy atom. The minimum atomic E-state index is -0.509. The van der Waals surface area contributed by atoms with Gasteiger partial charge >= 0.3 is 0 Å². The highest BCUT2D eigenvalue weighted by Crippen LogP contribution is 2.33. The van der Waals surface area contributed by atoms with E-state index >= 15 is 0 Å². The third kappa shape index (κ3) is 2.96. The molecule has 0 saturated carbocycles. The molecule has 0 saturated heterocycles. The van der Waals surface area contributed by atoms with Crippen LogP contribution in [0, 0.1) is 0 Å². The van der Waals surface area contributed by atoms with Crippen molar-refractivity contribution < 1.29 is 19.4 Å². The van der Waals surface area contributed by atoms with Gasteiger partial charge in [-0.25, -0.2) is 0 Å². The van der Waals surface area contributed by atoms with Crippen LogP contribution < -0.4 is 14.8 Å². The van der Waals surface area contributed by atoms with Gasteiger partial charge in [0.05, 0.1) is 18.5 Å². The number of aromatic hydroxyl groups is 1. The molecule has 0 aromatic heterocycles. The molecule has 6 nitrogen and oxygen atoms in total. The molecule has 1 amide bonds. The Labute approximate surface area is 133 Å². The number of hydrogen-bond donors (Lipinski definition) is 2. The number of methoxy groups -OCH3 is 1. The second kappa shape index (κ2) is 6.00. The number of carbonyl (C=O) groups excluding carboxylic acids is 1. The molecule has 2 N–H and O–H groups in total. The number of rotatable bonds is 3. The van der Waals surface area contributed by atoms with E-state index in [-0.39, 0.29) is 11.7 Å². The highest BCUT2D eigenvalue weighted by Gasteiger charge is 2.23. The predicted molar refractivity (Wildman–Crippen MR) is 87.1 cm³/mol. The van der Waals surface area contributed by atoms with Crippen LogP contribution in [0.25, 0.3) is 0 Å². The molecule has 1 aliphatic heterocycles. The number of nitrogens with one attached hydrogen (secondary N) is 1. The quantitative estimate of drug-likeness (QED) is 0.854.